The molecule has 1 nitrogen and oxygen atoms in total. The Bertz CT molecular complexity index is 605. The number of aryl methyl sites for hydroxylation is 2. The zero-order chi connectivity index (χ0) is 12.7. The minimum atomic E-state index is 0.0717. The molecule has 90 valence electrons. The topological polar surface area (TPSA) is 17.1 Å². The number of rotatable bonds is 2. The van der Waals surface area contributed by atoms with Crippen molar-refractivity contribution >= 4 is 5.78 Å². The number of hydrogen-bond donors (Lipinski definition) is 0. The molecule has 3 rings (SSSR count). The van der Waals surface area contributed by atoms with E-state index >= 15 is 0 Å². The van der Waals surface area contributed by atoms with Gasteiger partial charge in [0.1, 0.15) is 0 Å². The fourth-order valence-electron chi connectivity index (χ4n) is 2.81. The first-order valence-corrected chi connectivity index (χ1v) is 6.35. The van der Waals surface area contributed by atoms with Gasteiger partial charge in [-0.2, -0.15) is 0 Å². The largest absolute Gasteiger partial charge is 0.293 e. The van der Waals surface area contributed by atoms with Crippen molar-refractivity contribution in [2.75, 3.05) is 0 Å². The molecule has 0 saturated carbocycles. The fraction of sp³-hybridized carbons (Fsp3) is 0.235. The summed E-state index contributed by atoms with van der Waals surface area (Å²) in [7, 11) is 0. The minimum absolute atomic E-state index is 0.0717. The average molecular weight is 236 g/mol. The van der Waals surface area contributed by atoms with Crippen LogP contribution >= 0.6 is 0 Å². The van der Waals surface area contributed by atoms with E-state index < -0.39 is 0 Å². The summed E-state index contributed by atoms with van der Waals surface area (Å²) in [5, 5.41) is 0. The smallest absolute Gasteiger partial charge is 0.170 e. The molecule has 0 saturated heterocycles. The molecule has 0 N–H and O–H groups in total. The van der Waals surface area contributed by atoms with Crippen molar-refractivity contribution < 1.29 is 4.79 Å². The van der Waals surface area contributed by atoms with Gasteiger partial charge in [0.05, 0.1) is 5.92 Å². The SMILES string of the molecule is Cc1cc(C)cc(C(=O)C2Cc3ccccc32)c1. The molecular formula is C17H16O. The van der Waals surface area contributed by atoms with Gasteiger partial charge in [0.15, 0.2) is 5.78 Å². The molecule has 2 aromatic rings. The number of carbonyl (C=O) groups is 1. The van der Waals surface area contributed by atoms with Crippen LogP contribution in [0.5, 0.6) is 0 Å². The van der Waals surface area contributed by atoms with Gasteiger partial charge >= 0.3 is 0 Å². The second-order valence-electron chi connectivity index (χ2n) is 5.20. The van der Waals surface area contributed by atoms with E-state index in [0.717, 1.165) is 23.1 Å². The third-order valence-corrected chi connectivity index (χ3v) is 3.68. The first-order chi connectivity index (χ1) is 8.65. The van der Waals surface area contributed by atoms with Gasteiger partial charge in [0, 0.05) is 5.56 Å². The molecule has 18 heavy (non-hydrogen) atoms. The van der Waals surface area contributed by atoms with Gasteiger partial charge in [-0.3, -0.25) is 4.79 Å². The highest BCUT2D eigenvalue weighted by Crippen LogP contribution is 2.37. The summed E-state index contributed by atoms with van der Waals surface area (Å²) in [4.78, 5) is 12.5. The molecule has 0 aromatic heterocycles. The van der Waals surface area contributed by atoms with E-state index in [4.69, 9.17) is 0 Å². The van der Waals surface area contributed by atoms with Crippen molar-refractivity contribution in [1.82, 2.24) is 0 Å². The molecule has 1 unspecified atom stereocenters. The predicted molar refractivity (Wildman–Crippen MR) is 73.1 cm³/mol. The number of hydrogen-bond acceptors (Lipinski definition) is 1. The van der Waals surface area contributed by atoms with Crippen molar-refractivity contribution in [3.63, 3.8) is 0 Å². The van der Waals surface area contributed by atoms with Gasteiger partial charge in [-0.05, 0) is 43.5 Å². The Kier molecular flexibility index (Phi) is 2.55. The number of carbonyl (C=O) groups excluding carboxylic acids is 1. The summed E-state index contributed by atoms with van der Waals surface area (Å²) < 4.78 is 0. The van der Waals surface area contributed by atoms with Crippen LogP contribution in [0.2, 0.25) is 0 Å². The summed E-state index contributed by atoms with van der Waals surface area (Å²) in [6.07, 6.45) is 0.891. The Morgan fingerprint density at radius 3 is 2.39 bits per heavy atom. The van der Waals surface area contributed by atoms with Crippen molar-refractivity contribution in [3.8, 4) is 0 Å². The Morgan fingerprint density at radius 2 is 1.72 bits per heavy atom. The van der Waals surface area contributed by atoms with E-state index in [1.165, 1.54) is 11.1 Å². The zero-order valence-electron chi connectivity index (χ0n) is 10.7. The number of ketones is 1. The third kappa shape index (κ3) is 1.76. The normalized spacial score (nSPS) is 16.9. The van der Waals surface area contributed by atoms with Gasteiger partial charge in [-0.15, -0.1) is 0 Å². The van der Waals surface area contributed by atoms with Crippen LogP contribution in [0.1, 0.15) is 38.5 Å². The number of fused-ring (bicyclic) bond motifs is 1. The van der Waals surface area contributed by atoms with Crippen LogP contribution in [0.15, 0.2) is 42.5 Å². The average Bonchev–Trinajstić information content (AvgIpc) is 2.29. The molecule has 0 fully saturated rings. The molecule has 0 heterocycles. The molecule has 0 spiro atoms. The molecule has 1 aliphatic rings. The first kappa shape index (κ1) is 11.2. The molecule has 0 aliphatic heterocycles. The molecule has 1 atom stereocenters. The summed E-state index contributed by atoms with van der Waals surface area (Å²) >= 11 is 0. The summed E-state index contributed by atoms with van der Waals surface area (Å²) in [5.41, 5.74) is 5.70. The van der Waals surface area contributed by atoms with Crippen LogP contribution in [-0.4, -0.2) is 5.78 Å². The maximum absolute atomic E-state index is 12.5. The van der Waals surface area contributed by atoms with E-state index in [2.05, 4.69) is 18.2 Å². The third-order valence-electron chi connectivity index (χ3n) is 3.68. The molecule has 0 bridgehead atoms. The van der Waals surface area contributed by atoms with Crippen molar-refractivity contribution in [1.29, 1.82) is 0 Å². The zero-order valence-corrected chi connectivity index (χ0v) is 10.7. The minimum Gasteiger partial charge on any atom is -0.293 e. The first-order valence-electron chi connectivity index (χ1n) is 6.35. The second kappa shape index (κ2) is 4.09. The second-order valence-corrected chi connectivity index (χ2v) is 5.20. The van der Waals surface area contributed by atoms with E-state index in [0.29, 0.717) is 0 Å². The van der Waals surface area contributed by atoms with Gasteiger partial charge in [-0.25, -0.2) is 0 Å². The lowest BCUT2D eigenvalue weighted by molar-refractivity contribution is 0.0949. The van der Waals surface area contributed by atoms with E-state index in [1.54, 1.807) is 0 Å². The van der Waals surface area contributed by atoms with Crippen LogP contribution in [0.25, 0.3) is 0 Å². The fourth-order valence-corrected chi connectivity index (χ4v) is 2.81. The lowest BCUT2D eigenvalue weighted by atomic mass is 9.73. The van der Waals surface area contributed by atoms with Crippen molar-refractivity contribution in [2.45, 2.75) is 26.2 Å². The van der Waals surface area contributed by atoms with Crippen LogP contribution < -0.4 is 0 Å². The molecule has 1 aliphatic carbocycles. The van der Waals surface area contributed by atoms with Gasteiger partial charge in [-0.1, -0.05) is 41.5 Å². The number of Topliss-reactive ketones (excluding diaryl/α,β-unsaturated/α-hetero) is 1. The molecule has 0 radical (unpaired) electrons. The van der Waals surface area contributed by atoms with Gasteiger partial charge in [0.25, 0.3) is 0 Å². The molecule has 2 aromatic carbocycles. The highest BCUT2D eigenvalue weighted by molar-refractivity contribution is 6.02. The van der Waals surface area contributed by atoms with Crippen LogP contribution in [0.4, 0.5) is 0 Å². The van der Waals surface area contributed by atoms with Crippen LogP contribution in [0, 0.1) is 13.8 Å². The van der Waals surface area contributed by atoms with Crippen molar-refractivity contribution in [2.24, 2.45) is 0 Å². The molecule has 0 amide bonds. The standard InChI is InChI=1S/C17H16O/c1-11-7-12(2)9-14(8-11)17(18)16-10-13-5-3-4-6-15(13)16/h3-9,16H,10H2,1-2H3. The Morgan fingerprint density at radius 1 is 1.06 bits per heavy atom. The number of benzene rings is 2. The van der Waals surface area contributed by atoms with Gasteiger partial charge in [0.2, 0.25) is 0 Å². The summed E-state index contributed by atoms with van der Waals surface area (Å²) in [5.74, 6) is 0.336. The summed E-state index contributed by atoms with van der Waals surface area (Å²) in [6.45, 7) is 4.08. The van der Waals surface area contributed by atoms with E-state index in [-0.39, 0.29) is 11.7 Å². The Balaban J connectivity index is 1.93. The Hall–Kier alpha value is -1.89. The highest BCUT2D eigenvalue weighted by atomic mass is 16.1. The molecule has 1 heteroatoms. The Labute approximate surface area is 107 Å². The maximum Gasteiger partial charge on any atom is 0.170 e. The van der Waals surface area contributed by atoms with Crippen LogP contribution in [-0.2, 0) is 6.42 Å². The quantitative estimate of drug-likeness (QED) is 0.724. The maximum atomic E-state index is 12.5. The summed E-state index contributed by atoms with van der Waals surface area (Å²) in [6, 6.07) is 14.3. The molecular weight excluding hydrogens is 220 g/mol. The lowest BCUT2D eigenvalue weighted by Crippen LogP contribution is -2.25. The lowest BCUT2D eigenvalue weighted by Gasteiger charge is -2.29. The van der Waals surface area contributed by atoms with Crippen molar-refractivity contribution in [3.05, 3.63) is 70.3 Å². The van der Waals surface area contributed by atoms with E-state index in [1.807, 2.05) is 38.1 Å². The van der Waals surface area contributed by atoms with Gasteiger partial charge < -0.3 is 0 Å². The predicted octanol–water partition coefficient (Wildman–Crippen LogP) is 3.83. The highest BCUT2D eigenvalue weighted by Gasteiger charge is 2.32. The van der Waals surface area contributed by atoms with E-state index in [9.17, 15) is 4.79 Å². The monoisotopic (exact) mass is 236 g/mol. The van der Waals surface area contributed by atoms with Crippen LogP contribution in [0.3, 0.4) is 0 Å².